The Morgan fingerprint density at radius 1 is 1.21 bits per heavy atom. The molecule has 0 radical (unpaired) electrons. The fourth-order valence-corrected chi connectivity index (χ4v) is 7.07. The third-order valence-electron chi connectivity index (χ3n) is 7.54. The van der Waals surface area contributed by atoms with Gasteiger partial charge in [0.25, 0.3) is 5.91 Å². The number of hydrogen-bond donors (Lipinski definition) is 2. The van der Waals surface area contributed by atoms with E-state index in [4.69, 9.17) is 38.8 Å². The number of fused-ring (bicyclic) bond motifs is 2. The van der Waals surface area contributed by atoms with Crippen LogP contribution in [0.15, 0.2) is 36.4 Å². The van der Waals surface area contributed by atoms with Crippen LogP contribution in [0.4, 0.5) is 0 Å². The lowest BCUT2D eigenvalue weighted by atomic mass is 10.0. The van der Waals surface area contributed by atoms with Crippen LogP contribution in [0.5, 0.6) is 5.75 Å². The molecule has 6 rings (SSSR count). The number of benzene rings is 2. The smallest absolute Gasteiger partial charge is 0.336 e. The van der Waals surface area contributed by atoms with E-state index in [1.165, 1.54) is 24.2 Å². The topological polar surface area (TPSA) is 106 Å². The van der Waals surface area contributed by atoms with Gasteiger partial charge in [0, 0.05) is 30.6 Å². The molecule has 3 heterocycles. The van der Waals surface area contributed by atoms with Crippen molar-refractivity contribution in [3.63, 3.8) is 0 Å². The Balaban J connectivity index is 0.000000204. The summed E-state index contributed by atoms with van der Waals surface area (Å²) in [6, 6.07) is 11.0. The Kier molecular flexibility index (Phi) is 7.95. The highest BCUT2D eigenvalue weighted by molar-refractivity contribution is 7.15. The van der Waals surface area contributed by atoms with Gasteiger partial charge in [-0.05, 0) is 61.9 Å². The van der Waals surface area contributed by atoms with E-state index in [-0.39, 0.29) is 11.9 Å². The standard InChI is InChI=1S/C19H21Cl2N3OS.C9H8O3/c1-10-23-17(18(26-10)12-5-6-14(20)15(21)8-12)19(25)24-13(9-22)7-11-3-2-4-16(11)24;10-9(11)7-2-1-3-8-6(7)4-5-12-8/h5-6,8,11,13,16H,2-4,7,9,22H2,1H3;1-3H,4-5H2,(H,10,11)/t11-,13-,16-;/m0./s1. The van der Waals surface area contributed by atoms with Crippen LogP contribution in [-0.2, 0) is 6.42 Å². The van der Waals surface area contributed by atoms with Crippen LogP contribution in [0.2, 0.25) is 10.0 Å². The first kappa shape index (κ1) is 26.9. The summed E-state index contributed by atoms with van der Waals surface area (Å²) in [5.74, 6) is 0.424. The minimum absolute atomic E-state index is 0.000252. The van der Waals surface area contributed by atoms with Crippen molar-refractivity contribution in [3.8, 4) is 16.2 Å². The SMILES string of the molecule is Cc1nc(C(=O)N2[C@H](CN)C[C@@H]3CCC[C@@H]32)c(-c2ccc(Cl)c(Cl)c2)s1.O=C(O)c1cccc2c1CCO2. The van der Waals surface area contributed by atoms with E-state index in [0.29, 0.717) is 52.8 Å². The molecule has 3 N–H and O–H groups in total. The number of aryl methyl sites for hydroxylation is 1. The van der Waals surface area contributed by atoms with E-state index in [1.807, 2.05) is 17.9 Å². The van der Waals surface area contributed by atoms with Gasteiger partial charge in [-0.1, -0.05) is 41.8 Å². The fraction of sp³-hybridized carbons (Fsp3) is 0.393. The Labute approximate surface area is 235 Å². The fourth-order valence-electron chi connectivity index (χ4n) is 5.87. The van der Waals surface area contributed by atoms with Crippen LogP contribution in [0.25, 0.3) is 10.4 Å². The molecule has 1 saturated heterocycles. The van der Waals surface area contributed by atoms with E-state index >= 15 is 0 Å². The summed E-state index contributed by atoms with van der Waals surface area (Å²) in [6.45, 7) is 3.02. The Bertz CT molecular complexity index is 1380. The number of nitrogens with zero attached hydrogens (tertiary/aromatic N) is 2. The summed E-state index contributed by atoms with van der Waals surface area (Å²) in [5, 5.41) is 10.6. The molecule has 3 atom stereocenters. The van der Waals surface area contributed by atoms with E-state index in [9.17, 15) is 9.59 Å². The highest BCUT2D eigenvalue weighted by atomic mass is 35.5. The van der Waals surface area contributed by atoms with Gasteiger partial charge in [0.1, 0.15) is 11.4 Å². The molecule has 2 aromatic carbocycles. The molecular formula is C28H29Cl2N3O4S. The predicted molar refractivity (Wildman–Crippen MR) is 150 cm³/mol. The van der Waals surface area contributed by atoms with Crippen LogP contribution in [0.3, 0.4) is 0 Å². The Hall–Kier alpha value is -2.65. The molecule has 7 nitrogen and oxygen atoms in total. The molecule has 2 aliphatic heterocycles. The second kappa shape index (κ2) is 11.2. The van der Waals surface area contributed by atoms with Crippen LogP contribution in [0.1, 0.15) is 57.1 Å². The maximum atomic E-state index is 13.5. The van der Waals surface area contributed by atoms with Gasteiger partial charge in [-0.2, -0.15) is 0 Å². The number of likely N-dealkylation sites (tertiary alicyclic amines) is 1. The van der Waals surface area contributed by atoms with E-state index in [0.717, 1.165) is 39.6 Å². The highest BCUT2D eigenvalue weighted by Crippen LogP contribution is 2.43. The normalized spacial score (nSPS) is 21.4. The van der Waals surface area contributed by atoms with Gasteiger partial charge in [-0.15, -0.1) is 11.3 Å². The first-order valence-corrected chi connectivity index (χ1v) is 14.3. The summed E-state index contributed by atoms with van der Waals surface area (Å²) < 4.78 is 5.23. The first-order valence-electron chi connectivity index (χ1n) is 12.7. The number of aromatic nitrogens is 1. The maximum Gasteiger partial charge on any atom is 0.336 e. The molecule has 0 spiro atoms. The van der Waals surface area contributed by atoms with Crippen molar-refractivity contribution < 1.29 is 19.4 Å². The molecule has 10 heteroatoms. The first-order chi connectivity index (χ1) is 18.3. The van der Waals surface area contributed by atoms with Gasteiger partial charge in [0.15, 0.2) is 0 Å². The number of carbonyl (C=O) groups is 2. The van der Waals surface area contributed by atoms with Crippen LogP contribution in [0, 0.1) is 12.8 Å². The van der Waals surface area contributed by atoms with Crippen molar-refractivity contribution in [2.24, 2.45) is 11.7 Å². The lowest BCUT2D eigenvalue weighted by molar-refractivity contribution is 0.0658. The highest BCUT2D eigenvalue weighted by Gasteiger charge is 2.46. The number of halogens is 2. The van der Waals surface area contributed by atoms with Crippen molar-refractivity contribution in [2.45, 2.75) is 51.1 Å². The number of nitrogens with two attached hydrogens (primary N) is 1. The average Bonchev–Trinajstić information content (AvgIpc) is 3.68. The molecule has 1 aromatic heterocycles. The van der Waals surface area contributed by atoms with Gasteiger partial charge in [0.2, 0.25) is 0 Å². The number of amides is 1. The molecule has 2 fully saturated rings. The van der Waals surface area contributed by atoms with Crippen molar-refractivity contribution >= 4 is 46.4 Å². The van der Waals surface area contributed by atoms with Crippen LogP contribution < -0.4 is 10.5 Å². The molecule has 3 aromatic rings. The van der Waals surface area contributed by atoms with Crippen LogP contribution in [-0.4, -0.2) is 52.1 Å². The number of carboxylic acids is 1. The third kappa shape index (κ3) is 5.15. The second-order valence-electron chi connectivity index (χ2n) is 9.82. The van der Waals surface area contributed by atoms with Gasteiger partial charge in [-0.3, -0.25) is 4.79 Å². The van der Waals surface area contributed by atoms with Crippen LogP contribution >= 0.6 is 34.5 Å². The van der Waals surface area contributed by atoms with Gasteiger partial charge < -0.3 is 20.5 Å². The molecule has 1 amide bonds. The molecule has 200 valence electrons. The average molecular weight is 575 g/mol. The molecule has 1 saturated carbocycles. The number of carbonyl (C=O) groups excluding carboxylic acids is 1. The molecule has 0 bridgehead atoms. The number of aromatic carboxylic acids is 1. The van der Waals surface area contributed by atoms with Gasteiger partial charge >= 0.3 is 5.97 Å². The van der Waals surface area contributed by atoms with Crippen molar-refractivity contribution in [1.82, 2.24) is 9.88 Å². The molecular weight excluding hydrogens is 545 g/mol. The summed E-state index contributed by atoms with van der Waals surface area (Å²) in [5.41, 5.74) is 8.57. The monoisotopic (exact) mass is 573 g/mol. The summed E-state index contributed by atoms with van der Waals surface area (Å²) in [6.07, 6.45) is 5.17. The number of thiazole rings is 1. The zero-order valence-electron chi connectivity index (χ0n) is 21.0. The van der Waals surface area contributed by atoms with E-state index in [2.05, 4.69) is 4.98 Å². The molecule has 0 unspecified atom stereocenters. The van der Waals surface area contributed by atoms with Crippen molar-refractivity contribution in [2.75, 3.05) is 13.2 Å². The quantitative estimate of drug-likeness (QED) is 0.391. The minimum atomic E-state index is -0.877. The lowest BCUT2D eigenvalue weighted by Gasteiger charge is -2.29. The largest absolute Gasteiger partial charge is 0.493 e. The van der Waals surface area contributed by atoms with Gasteiger partial charge in [0.05, 0.1) is 32.1 Å². The molecule has 1 aliphatic carbocycles. The van der Waals surface area contributed by atoms with Crippen molar-refractivity contribution in [3.05, 3.63) is 68.3 Å². The lowest BCUT2D eigenvalue weighted by Crippen LogP contribution is -2.44. The summed E-state index contributed by atoms with van der Waals surface area (Å²) in [7, 11) is 0. The van der Waals surface area contributed by atoms with E-state index < -0.39 is 5.97 Å². The number of hydrogen-bond acceptors (Lipinski definition) is 6. The summed E-state index contributed by atoms with van der Waals surface area (Å²) in [4.78, 5) is 31.6. The number of ether oxygens (including phenoxy) is 1. The second-order valence-corrected chi connectivity index (χ2v) is 11.8. The molecule has 3 aliphatic rings. The maximum absolute atomic E-state index is 13.5. The molecule has 38 heavy (non-hydrogen) atoms. The predicted octanol–water partition coefficient (Wildman–Crippen LogP) is 6.09. The minimum Gasteiger partial charge on any atom is -0.493 e. The van der Waals surface area contributed by atoms with E-state index in [1.54, 1.807) is 30.3 Å². The third-order valence-corrected chi connectivity index (χ3v) is 9.30. The Morgan fingerprint density at radius 2 is 2.03 bits per heavy atom. The van der Waals surface area contributed by atoms with Gasteiger partial charge in [-0.25, -0.2) is 9.78 Å². The number of rotatable bonds is 4. The summed E-state index contributed by atoms with van der Waals surface area (Å²) >= 11 is 13.7. The Morgan fingerprint density at radius 3 is 2.76 bits per heavy atom. The number of carboxylic acid groups (broad SMARTS) is 1. The zero-order chi connectivity index (χ0) is 27.0. The van der Waals surface area contributed by atoms with Crippen molar-refractivity contribution in [1.29, 1.82) is 0 Å². The zero-order valence-corrected chi connectivity index (χ0v) is 23.3.